The van der Waals surface area contributed by atoms with Crippen molar-refractivity contribution in [1.82, 2.24) is 31.5 Å². The molecule has 1 fully saturated rings. The van der Waals surface area contributed by atoms with Gasteiger partial charge in [0, 0.05) is 13.0 Å². The van der Waals surface area contributed by atoms with Gasteiger partial charge in [0.2, 0.25) is 41.4 Å². The van der Waals surface area contributed by atoms with E-state index in [1.54, 1.807) is 27.7 Å². The minimum Gasteiger partial charge on any atom is -0.481 e. The molecule has 1 saturated heterocycles. The van der Waals surface area contributed by atoms with Gasteiger partial charge < -0.3 is 58.9 Å². The minimum atomic E-state index is -1.85. The zero-order chi connectivity index (χ0) is 42.9. The Morgan fingerprint density at radius 3 is 1.77 bits per heavy atom. The van der Waals surface area contributed by atoms with Crippen molar-refractivity contribution in [2.75, 3.05) is 13.1 Å². The highest BCUT2D eigenvalue weighted by Crippen LogP contribution is 2.21. The average molecular weight is 798 g/mol. The molecule has 1 aliphatic heterocycles. The summed E-state index contributed by atoms with van der Waals surface area (Å²) in [5.74, 6) is -9.05. The molecule has 0 aromatic heterocycles. The van der Waals surface area contributed by atoms with Crippen LogP contribution in [0.5, 0.6) is 0 Å². The van der Waals surface area contributed by atoms with E-state index in [0.29, 0.717) is 32.2 Å². The number of likely N-dealkylation sites (tertiary alicyclic amines) is 1. The van der Waals surface area contributed by atoms with E-state index in [1.165, 1.54) is 4.90 Å². The molecule has 0 aromatic carbocycles. The first-order valence-electron chi connectivity index (χ1n) is 19.1. The van der Waals surface area contributed by atoms with Crippen LogP contribution in [-0.4, -0.2) is 124 Å². The molecule has 0 saturated carbocycles. The van der Waals surface area contributed by atoms with Crippen molar-refractivity contribution < 1.29 is 53.4 Å². The number of rotatable bonds is 25. The van der Waals surface area contributed by atoms with Crippen LogP contribution in [0, 0.1) is 17.8 Å². The molecule has 0 radical (unpaired) electrons. The zero-order valence-corrected chi connectivity index (χ0v) is 33.3. The normalized spacial score (nSPS) is 17.3. The summed E-state index contributed by atoms with van der Waals surface area (Å²) in [6.07, 6.45) is 0.237. The van der Waals surface area contributed by atoms with Gasteiger partial charge >= 0.3 is 11.9 Å². The molecule has 318 valence electrons. The van der Waals surface area contributed by atoms with Gasteiger partial charge in [0.1, 0.15) is 36.3 Å². The number of carbonyl (C=O) groups is 9. The van der Waals surface area contributed by atoms with E-state index in [2.05, 4.69) is 21.3 Å². The first-order chi connectivity index (χ1) is 26.1. The fourth-order valence-electron chi connectivity index (χ4n) is 6.04. The van der Waals surface area contributed by atoms with Gasteiger partial charge in [-0.2, -0.15) is 0 Å². The van der Waals surface area contributed by atoms with E-state index < -0.39 is 108 Å². The second-order valence-corrected chi connectivity index (χ2v) is 15.3. The van der Waals surface area contributed by atoms with E-state index >= 15 is 0 Å². The fraction of sp³-hybridized carbons (Fsp3) is 0.750. The summed E-state index contributed by atoms with van der Waals surface area (Å²) in [7, 11) is 0. The highest BCUT2D eigenvalue weighted by molar-refractivity contribution is 5.97. The summed E-state index contributed by atoms with van der Waals surface area (Å²) in [6.45, 7) is 11.2. The zero-order valence-electron chi connectivity index (χ0n) is 33.3. The van der Waals surface area contributed by atoms with Crippen LogP contribution in [0.4, 0.5) is 0 Å². The summed E-state index contributed by atoms with van der Waals surface area (Å²) in [6, 6.07) is -8.63. The van der Waals surface area contributed by atoms with Crippen LogP contribution < -0.4 is 43.8 Å². The first-order valence-corrected chi connectivity index (χ1v) is 19.1. The predicted molar refractivity (Wildman–Crippen MR) is 203 cm³/mol. The smallest absolute Gasteiger partial charge is 0.326 e. The molecule has 1 rings (SSSR count). The summed E-state index contributed by atoms with van der Waals surface area (Å²) in [5, 5.41) is 31.0. The standard InChI is InChI=1S/C36H63N9O11/c1-18(2)16-23(42-33(52)25-11-9-15-45(25)35(54)28(39)19(3)4)32(51)44-29(20(5)6)34(53)41-21(10-7-8-14-37)30(49)40-22(12-13-26(38)46)31(50)43-24(36(55)56)17-27(47)48/h18-25,28-29H,7-17,37,39H2,1-6H3,(H2,38,46)(H,40,49)(H,41,53)(H,42,52)(H,43,50)(H,44,51)(H,47,48)(H,55,56)/t21-,22-,23-,24-,25-,28-,29-/m0/s1. The van der Waals surface area contributed by atoms with Crippen LogP contribution in [0.25, 0.3) is 0 Å². The number of primary amides is 1. The molecule has 13 N–H and O–H groups in total. The molecule has 0 spiro atoms. The number of nitrogens with two attached hydrogens (primary N) is 3. The van der Waals surface area contributed by atoms with E-state index in [-0.39, 0.29) is 43.6 Å². The molecular formula is C36H63N9O11. The number of unbranched alkanes of at least 4 members (excludes halogenated alkanes) is 1. The van der Waals surface area contributed by atoms with E-state index in [4.69, 9.17) is 22.3 Å². The van der Waals surface area contributed by atoms with Gasteiger partial charge in [-0.3, -0.25) is 38.4 Å². The van der Waals surface area contributed by atoms with Gasteiger partial charge in [-0.15, -0.1) is 0 Å². The lowest BCUT2D eigenvalue weighted by Crippen LogP contribution is -2.60. The molecular weight excluding hydrogens is 734 g/mol. The Morgan fingerprint density at radius 2 is 1.27 bits per heavy atom. The van der Waals surface area contributed by atoms with Crippen molar-refractivity contribution in [2.24, 2.45) is 35.0 Å². The number of amides is 7. The van der Waals surface area contributed by atoms with E-state index in [1.807, 2.05) is 19.2 Å². The van der Waals surface area contributed by atoms with Crippen molar-refractivity contribution in [3.05, 3.63) is 0 Å². The number of hydrogen-bond donors (Lipinski definition) is 10. The molecule has 0 aromatic rings. The predicted octanol–water partition coefficient (Wildman–Crippen LogP) is -1.96. The highest BCUT2D eigenvalue weighted by atomic mass is 16.4. The maximum Gasteiger partial charge on any atom is 0.326 e. The Kier molecular flexibility index (Phi) is 21.0. The Labute approximate surface area is 327 Å². The molecule has 1 aliphatic rings. The fourth-order valence-corrected chi connectivity index (χ4v) is 6.04. The molecule has 20 heteroatoms. The van der Waals surface area contributed by atoms with Gasteiger partial charge in [0.25, 0.3) is 0 Å². The number of hydrogen-bond acceptors (Lipinski definition) is 11. The molecule has 20 nitrogen and oxygen atoms in total. The van der Waals surface area contributed by atoms with Gasteiger partial charge in [0.05, 0.1) is 12.5 Å². The maximum absolute atomic E-state index is 13.8. The highest BCUT2D eigenvalue weighted by Gasteiger charge is 2.39. The largest absolute Gasteiger partial charge is 0.481 e. The van der Waals surface area contributed by atoms with Gasteiger partial charge in [-0.05, 0) is 69.2 Å². The quantitative estimate of drug-likeness (QED) is 0.0449. The third kappa shape index (κ3) is 16.5. The molecule has 7 atom stereocenters. The second-order valence-electron chi connectivity index (χ2n) is 15.3. The number of carboxylic acid groups (broad SMARTS) is 2. The number of nitrogens with one attached hydrogen (secondary N) is 5. The third-order valence-electron chi connectivity index (χ3n) is 9.31. The maximum atomic E-state index is 13.8. The van der Waals surface area contributed by atoms with Crippen LogP contribution in [0.15, 0.2) is 0 Å². The van der Waals surface area contributed by atoms with Crippen molar-refractivity contribution in [3.63, 3.8) is 0 Å². The minimum absolute atomic E-state index is 0.0254. The Hall–Kier alpha value is -4.85. The molecule has 7 amide bonds. The van der Waals surface area contributed by atoms with Crippen LogP contribution in [0.3, 0.4) is 0 Å². The average Bonchev–Trinajstić information content (AvgIpc) is 3.60. The van der Waals surface area contributed by atoms with Gasteiger partial charge in [0.15, 0.2) is 0 Å². The van der Waals surface area contributed by atoms with E-state index in [9.17, 15) is 48.3 Å². The molecule has 1 heterocycles. The van der Waals surface area contributed by atoms with Crippen molar-refractivity contribution in [3.8, 4) is 0 Å². The number of carboxylic acids is 2. The Bertz CT molecular complexity index is 1410. The lowest BCUT2D eigenvalue weighted by molar-refractivity contribution is -0.147. The van der Waals surface area contributed by atoms with Crippen molar-refractivity contribution >= 4 is 53.3 Å². The Morgan fingerprint density at radius 1 is 0.714 bits per heavy atom. The SMILES string of the molecule is CC(C)C[C@H](NC(=O)[C@@H]1CCCN1C(=O)[C@@H](N)C(C)C)C(=O)N[C@H](C(=O)N[C@@H](CCCCN)C(=O)N[C@@H](CCC(N)=O)C(=O)N[C@@H](CC(=O)O)C(=O)O)C(C)C. The summed E-state index contributed by atoms with van der Waals surface area (Å²) in [4.78, 5) is 117. The monoisotopic (exact) mass is 797 g/mol. The van der Waals surface area contributed by atoms with Crippen molar-refractivity contribution in [2.45, 2.75) is 142 Å². The summed E-state index contributed by atoms with van der Waals surface area (Å²) >= 11 is 0. The number of aliphatic carboxylic acids is 2. The lowest BCUT2D eigenvalue weighted by Gasteiger charge is -2.31. The topological polar surface area (TPSA) is 336 Å². The first kappa shape index (κ1) is 49.2. The van der Waals surface area contributed by atoms with Crippen LogP contribution in [0.1, 0.15) is 99.3 Å². The number of nitrogens with zero attached hydrogens (tertiary/aromatic N) is 1. The summed E-state index contributed by atoms with van der Waals surface area (Å²) in [5.41, 5.74) is 17.0. The Balaban J connectivity index is 3.28. The molecule has 56 heavy (non-hydrogen) atoms. The molecule has 0 unspecified atom stereocenters. The van der Waals surface area contributed by atoms with Crippen molar-refractivity contribution in [1.29, 1.82) is 0 Å². The van der Waals surface area contributed by atoms with E-state index in [0.717, 1.165) is 0 Å². The number of carbonyl (C=O) groups excluding carboxylic acids is 7. The molecule has 0 aliphatic carbocycles. The van der Waals surface area contributed by atoms with Crippen LogP contribution in [0.2, 0.25) is 0 Å². The van der Waals surface area contributed by atoms with Gasteiger partial charge in [-0.25, -0.2) is 4.79 Å². The van der Waals surface area contributed by atoms with Crippen LogP contribution in [-0.2, 0) is 43.2 Å². The molecule has 0 bridgehead atoms. The van der Waals surface area contributed by atoms with Crippen LogP contribution >= 0.6 is 0 Å². The van der Waals surface area contributed by atoms with Gasteiger partial charge in [-0.1, -0.05) is 41.5 Å². The lowest BCUT2D eigenvalue weighted by atomic mass is 9.98. The third-order valence-corrected chi connectivity index (χ3v) is 9.31. The summed E-state index contributed by atoms with van der Waals surface area (Å²) < 4.78 is 0. The second kappa shape index (κ2) is 23.9.